The van der Waals surface area contributed by atoms with Gasteiger partial charge in [-0.25, -0.2) is 0 Å². The molecule has 0 bridgehead atoms. The normalized spacial score (nSPS) is 11.9. The predicted molar refractivity (Wildman–Crippen MR) is 88.6 cm³/mol. The van der Waals surface area contributed by atoms with Crippen LogP contribution in [0, 0.1) is 0 Å². The van der Waals surface area contributed by atoms with E-state index in [0.29, 0.717) is 4.88 Å². The van der Waals surface area contributed by atoms with E-state index in [1.807, 2.05) is 42.6 Å². The lowest BCUT2D eigenvalue weighted by Crippen LogP contribution is -2.26. The highest BCUT2D eigenvalue weighted by atomic mass is 79.9. The van der Waals surface area contributed by atoms with Crippen molar-refractivity contribution in [2.75, 3.05) is 0 Å². The van der Waals surface area contributed by atoms with E-state index < -0.39 is 0 Å². The van der Waals surface area contributed by atoms with E-state index in [-0.39, 0.29) is 30.6 Å². The number of nitrogens with one attached hydrogen (secondary N) is 1. The molecule has 0 unspecified atom stereocenters. The summed E-state index contributed by atoms with van der Waals surface area (Å²) in [5.41, 5.74) is 1.04. The molecule has 2 rings (SSSR count). The van der Waals surface area contributed by atoms with Gasteiger partial charge in [-0.15, -0.1) is 11.3 Å². The standard InChI is InChI=1S/C16H16BrNO2S/c1-11(12-4-6-13(17)7-5-12)18-16(20)9-8-14(19)15-3-2-10-21-15/h2-7,10-11H,8-9H2,1H3,(H,18,20)/t11-/m0/s1. The molecule has 0 saturated carbocycles. The molecule has 1 amide bonds. The van der Waals surface area contributed by atoms with Gasteiger partial charge < -0.3 is 5.32 Å². The Bertz CT molecular complexity index is 608. The van der Waals surface area contributed by atoms with Crippen molar-refractivity contribution in [1.82, 2.24) is 5.32 Å². The Morgan fingerprint density at radius 2 is 1.90 bits per heavy atom. The molecule has 1 aromatic carbocycles. The highest BCUT2D eigenvalue weighted by Gasteiger charge is 2.12. The van der Waals surface area contributed by atoms with Gasteiger partial charge in [0.1, 0.15) is 0 Å². The van der Waals surface area contributed by atoms with Crippen LogP contribution in [-0.2, 0) is 4.79 Å². The van der Waals surface area contributed by atoms with Crippen LogP contribution in [0.1, 0.15) is 41.0 Å². The van der Waals surface area contributed by atoms with E-state index in [9.17, 15) is 9.59 Å². The summed E-state index contributed by atoms with van der Waals surface area (Å²) in [5.74, 6) is -0.0771. The molecule has 2 aromatic rings. The van der Waals surface area contributed by atoms with Gasteiger partial charge in [0.25, 0.3) is 0 Å². The van der Waals surface area contributed by atoms with Gasteiger partial charge in [0, 0.05) is 17.3 Å². The summed E-state index contributed by atoms with van der Waals surface area (Å²) in [6.45, 7) is 1.93. The van der Waals surface area contributed by atoms with Crippen LogP contribution in [0.4, 0.5) is 0 Å². The molecule has 110 valence electrons. The first-order valence-corrected chi connectivity index (χ1v) is 8.35. The highest BCUT2D eigenvalue weighted by molar-refractivity contribution is 9.10. The number of carbonyl (C=O) groups excluding carboxylic acids is 2. The first-order chi connectivity index (χ1) is 10.1. The Labute approximate surface area is 136 Å². The second-order valence-electron chi connectivity index (χ2n) is 4.74. The summed E-state index contributed by atoms with van der Waals surface area (Å²) >= 11 is 4.79. The molecule has 0 aliphatic rings. The smallest absolute Gasteiger partial charge is 0.220 e. The molecule has 5 heteroatoms. The first-order valence-electron chi connectivity index (χ1n) is 6.68. The molecular formula is C16H16BrNO2S. The van der Waals surface area contributed by atoms with Crippen molar-refractivity contribution in [3.05, 3.63) is 56.7 Å². The number of amides is 1. The van der Waals surface area contributed by atoms with Crippen molar-refractivity contribution in [3.8, 4) is 0 Å². The van der Waals surface area contributed by atoms with Crippen molar-refractivity contribution in [3.63, 3.8) is 0 Å². The third-order valence-corrected chi connectivity index (χ3v) is 4.56. The summed E-state index contributed by atoms with van der Waals surface area (Å²) in [7, 11) is 0. The fourth-order valence-electron chi connectivity index (χ4n) is 1.94. The average molecular weight is 366 g/mol. The van der Waals surface area contributed by atoms with E-state index in [0.717, 1.165) is 10.0 Å². The molecule has 0 radical (unpaired) electrons. The summed E-state index contributed by atoms with van der Waals surface area (Å²) < 4.78 is 1.01. The fourth-order valence-corrected chi connectivity index (χ4v) is 2.89. The minimum atomic E-state index is -0.102. The monoisotopic (exact) mass is 365 g/mol. The van der Waals surface area contributed by atoms with Crippen molar-refractivity contribution in [2.24, 2.45) is 0 Å². The predicted octanol–water partition coefficient (Wildman–Crippen LogP) is 4.35. The van der Waals surface area contributed by atoms with Gasteiger partial charge in [0.15, 0.2) is 5.78 Å². The zero-order chi connectivity index (χ0) is 15.2. The zero-order valence-electron chi connectivity index (χ0n) is 11.6. The number of hydrogen-bond donors (Lipinski definition) is 1. The van der Waals surface area contributed by atoms with Crippen LogP contribution in [0.25, 0.3) is 0 Å². The number of benzene rings is 1. The minimum Gasteiger partial charge on any atom is -0.350 e. The molecule has 1 atom stereocenters. The summed E-state index contributed by atoms with van der Waals surface area (Å²) in [6, 6.07) is 11.4. The quantitative estimate of drug-likeness (QED) is 0.773. The maximum absolute atomic E-state index is 11.9. The number of halogens is 1. The number of hydrogen-bond acceptors (Lipinski definition) is 3. The lowest BCUT2D eigenvalue weighted by molar-refractivity contribution is -0.121. The number of rotatable bonds is 6. The Hall–Kier alpha value is -1.46. The van der Waals surface area contributed by atoms with Crippen molar-refractivity contribution < 1.29 is 9.59 Å². The average Bonchev–Trinajstić information content (AvgIpc) is 2.99. The van der Waals surface area contributed by atoms with E-state index in [1.165, 1.54) is 11.3 Å². The summed E-state index contributed by atoms with van der Waals surface area (Å²) in [5, 5.41) is 4.78. The third kappa shape index (κ3) is 4.79. The topological polar surface area (TPSA) is 46.2 Å². The number of ketones is 1. The highest BCUT2D eigenvalue weighted by Crippen LogP contribution is 2.17. The lowest BCUT2D eigenvalue weighted by Gasteiger charge is -2.14. The Balaban J connectivity index is 1.81. The second kappa shape index (κ2) is 7.52. The van der Waals surface area contributed by atoms with Crippen LogP contribution in [0.15, 0.2) is 46.3 Å². The molecule has 0 saturated heterocycles. The second-order valence-corrected chi connectivity index (χ2v) is 6.60. The largest absolute Gasteiger partial charge is 0.350 e. The van der Waals surface area contributed by atoms with Gasteiger partial charge in [0.2, 0.25) is 5.91 Å². The first kappa shape index (κ1) is 15.9. The molecule has 0 aliphatic carbocycles. The van der Waals surface area contributed by atoms with Crippen LogP contribution >= 0.6 is 27.3 Å². The van der Waals surface area contributed by atoms with E-state index in [1.54, 1.807) is 6.07 Å². The van der Waals surface area contributed by atoms with Crippen LogP contribution in [0.5, 0.6) is 0 Å². The summed E-state index contributed by atoms with van der Waals surface area (Å²) in [6.07, 6.45) is 0.469. The molecule has 0 aliphatic heterocycles. The van der Waals surface area contributed by atoms with Crippen molar-refractivity contribution >= 4 is 39.0 Å². The van der Waals surface area contributed by atoms with E-state index in [4.69, 9.17) is 0 Å². The summed E-state index contributed by atoms with van der Waals surface area (Å²) in [4.78, 5) is 24.4. The molecule has 1 N–H and O–H groups in total. The van der Waals surface area contributed by atoms with Gasteiger partial charge in [-0.1, -0.05) is 34.1 Å². The lowest BCUT2D eigenvalue weighted by atomic mass is 10.1. The third-order valence-electron chi connectivity index (χ3n) is 3.12. The molecule has 21 heavy (non-hydrogen) atoms. The Kier molecular flexibility index (Phi) is 5.70. The van der Waals surface area contributed by atoms with Crippen LogP contribution in [0.3, 0.4) is 0 Å². The van der Waals surface area contributed by atoms with Gasteiger partial charge >= 0.3 is 0 Å². The van der Waals surface area contributed by atoms with Crippen LogP contribution in [-0.4, -0.2) is 11.7 Å². The fraction of sp³-hybridized carbons (Fsp3) is 0.250. The van der Waals surface area contributed by atoms with Gasteiger partial charge in [-0.05, 0) is 36.1 Å². The molecule has 3 nitrogen and oxygen atoms in total. The van der Waals surface area contributed by atoms with Gasteiger partial charge in [-0.2, -0.15) is 0 Å². The maximum Gasteiger partial charge on any atom is 0.220 e. The van der Waals surface area contributed by atoms with Crippen LogP contribution < -0.4 is 5.32 Å². The molecule has 0 spiro atoms. The minimum absolute atomic E-state index is 0.0245. The van der Waals surface area contributed by atoms with Gasteiger partial charge in [-0.3, -0.25) is 9.59 Å². The number of Topliss-reactive ketones (excluding diaryl/α,β-unsaturated/α-hetero) is 1. The Morgan fingerprint density at radius 1 is 1.19 bits per heavy atom. The van der Waals surface area contributed by atoms with E-state index >= 15 is 0 Å². The maximum atomic E-state index is 11.9. The molecule has 1 aromatic heterocycles. The molecule has 1 heterocycles. The Morgan fingerprint density at radius 3 is 2.52 bits per heavy atom. The van der Waals surface area contributed by atoms with Gasteiger partial charge in [0.05, 0.1) is 10.9 Å². The van der Waals surface area contributed by atoms with E-state index in [2.05, 4.69) is 21.2 Å². The number of carbonyl (C=O) groups is 2. The number of thiophene rings is 1. The molecule has 0 fully saturated rings. The van der Waals surface area contributed by atoms with Crippen molar-refractivity contribution in [1.29, 1.82) is 0 Å². The van der Waals surface area contributed by atoms with Crippen LogP contribution in [0.2, 0.25) is 0 Å². The SMILES string of the molecule is C[C@H](NC(=O)CCC(=O)c1cccs1)c1ccc(Br)cc1. The molecular weight excluding hydrogens is 350 g/mol. The van der Waals surface area contributed by atoms with Crippen molar-refractivity contribution in [2.45, 2.75) is 25.8 Å². The zero-order valence-corrected chi connectivity index (χ0v) is 14.0.